The first-order valence-electron chi connectivity index (χ1n) is 7.21. The van der Waals surface area contributed by atoms with E-state index in [-0.39, 0.29) is 5.69 Å². The number of hydrogen-bond acceptors (Lipinski definition) is 5. The predicted octanol–water partition coefficient (Wildman–Crippen LogP) is 2.90. The second kappa shape index (κ2) is 5.55. The maximum Gasteiger partial charge on any atom is 0.410 e. The number of carbonyl (C=O) groups is 1. The van der Waals surface area contributed by atoms with E-state index in [0.29, 0.717) is 30.8 Å². The van der Waals surface area contributed by atoms with Crippen LogP contribution in [-0.4, -0.2) is 33.0 Å². The summed E-state index contributed by atoms with van der Waals surface area (Å²) < 4.78 is 5.37. The van der Waals surface area contributed by atoms with Gasteiger partial charge in [-0.25, -0.2) is 4.79 Å². The van der Waals surface area contributed by atoms with Crippen molar-refractivity contribution in [2.24, 2.45) is 0 Å². The van der Waals surface area contributed by atoms with Gasteiger partial charge in [0.05, 0.1) is 11.5 Å². The number of ether oxygens (including phenoxy) is 1. The van der Waals surface area contributed by atoms with Gasteiger partial charge in [0.2, 0.25) is 0 Å². The lowest BCUT2D eigenvalue weighted by atomic mass is 9.98. The van der Waals surface area contributed by atoms with Crippen LogP contribution in [0.25, 0.3) is 0 Å². The van der Waals surface area contributed by atoms with E-state index >= 15 is 0 Å². The fourth-order valence-corrected chi connectivity index (χ4v) is 2.63. The first-order valence-corrected chi connectivity index (χ1v) is 7.21. The van der Waals surface area contributed by atoms with Gasteiger partial charge in [-0.05, 0) is 34.6 Å². The van der Waals surface area contributed by atoms with Crippen molar-refractivity contribution in [2.45, 2.75) is 53.2 Å². The fourth-order valence-electron chi connectivity index (χ4n) is 2.63. The predicted molar refractivity (Wildman–Crippen MR) is 80.7 cm³/mol. The van der Waals surface area contributed by atoms with Crippen molar-refractivity contribution >= 4 is 11.8 Å². The van der Waals surface area contributed by atoms with Gasteiger partial charge in [-0.1, -0.05) is 0 Å². The summed E-state index contributed by atoms with van der Waals surface area (Å²) in [6, 6.07) is 0. The number of aryl methyl sites for hydroxylation is 1. The molecule has 0 spiro atoms. The molecule has 0 radical (unpaired) electrons. The van der Waals surface area contributed by atoms with Crippen molar-refractivity contribution < 1.29 is 14.5 Å². The largest absolute Gasteiger partial charge is 0.444 e. The third-order valence-electron chi connectivity index (χ3n) is 3.60. The van der Waals surface area contributed by atoms with Crippen molar-refractivity contribution in [1.82, 2.24) is 9.88 Å². The molecule has 7 heteroatoms. The summed E-state index contributed by atoms with van der Waals surface area (Å²) in [5.41, 5.74) is 2.07. The number of fused-ring (bicyclic) bond motifs is 1. The van der Waals surface area contributed by atoms with Crippen LogP contribution in [0, 0.1) is 24.0 Å². The molecule has 0 aliphatic carbocycles. The van der Waals surface area contributed by atoms with Gasteiger partial charge >= 0.3 is 6.09 Å². The molecule has 1 amide bonds. The SMILES string of the molecule is Cc1nc2c(c(C)c1[N+](=O)[O-])CN(C(=O)OC(C)(C)C)CC2. The molecule has 0 saturated heterocycles. The summed E-state index contributed by atoms with van der Waals surface area (Å²) in [6.45, 7) is 9.59. The minimum atomic E-state index is -0.566. The number of rotatable bonds is 1. The van der Waals surface area contributed by atoms with Gasteiger partial charge in [-0.2, -0.15) is 0 Å². The molecule has 1 aromatic heterocycles. The summed E-state index contributed by atoms with van der Waals surface area (Å²) in [7, 11) is 0. The lowest BCUT2D eigenvalue weighted by Crippen LogP contribution is -2.40. The van der Waals surface area contributed by atoms with Gasteiger partial charge in [0.1, 0.15) is 11.3 Å². The van der Waals surface area contributed by atoms with Crippen molar-refractivity contribution in [3.63, 3.8) is 0 Å². The van der Waals surface area contributed by atoms with Crippen LogP contribution in [0.2, 0.25) is 0 Å². The van der Waals surface area contributed by atoms with E-state index in [0.717, 1.165) is 11.3 Å². The molecule has 7 nitrogen and oxygen atoms in total. The summed E-state index contributed by atoms with van der Waals surface area (Å²) in [6.07, 6.45) is 0.176. The summed E-state index contributed by atoms with van der Waals surface area (Å²) in [5, 5.41) is 11.2. The Labute approximate surface area is 129 Å². The van der Waals surface area contributed by atoms with Gasteiger partial charge < -0.3 is 9.64 Å². The number of nitro groups is 1. The van der Waals surface area contributed by atoms with Crippen LogP contribution in [0.15, 0.2) is 0 Å². The van der Waals surface area contributed by atoms with E-state index in [1.165, 1.54) is 0 Å². The third-order valence-corrected chi connectivity index (χ3v) is 3.60. The fraction of sp³-hybridized carbons (Fsp3) is 0.600. The first-order chi connectivity index (χ1) is 10.1. The lowest BCUT2D eigenvalue weighted by molar-refractivity contribution is -0.386. The molecule has 1 aliphatic rings. The first kappa shape index (κ1) is 16.2. The number of aromatic nitrogens is 1. The van der Waals surface area contributed by atoms with Crippen LogP contribution < -0.4 is 0 Å². The lowest BCUT2D eigenvalue weighted by Gasteiger charge is -2.31. The highest BCUT2D eigenvalue weighted by Gasteiger charge is 2.30. The standard InChI is InChI=1S/C15H21N3O4/c1-9-11-8-17(14(19)22-15(3,4)5)7-6-12(11)16-10(2)13(9)18(20)21/h6-8H2,1-5H3. The molecule has 0 bridgehead atoms. The second-order valence-electron chi connectivity index (χ2n) is 6.51. The van der Waals surface area contributed by atoms with Gasteiger partial charge in [0, 0.05) is 29.8 Å². The molecule has 1 aromatic rings. The third kappa shape index (κ3) is 3.18. The van der Waals surface area contributed by atoms with E-state index in [1.807, 2.05) is 20.8 Å². The molecule has 1 aliphatic heterocycles. The molecule has 0 atom stereocenters. The van der Waals surface area contributed by atoms with Crippen molar-refractivity contribution in [3.8, 4) is 0 Å². The van der Waals surface area contributed by atoms with Gasteiger partial charge in [-0.15, -0.1) is 0 Å². The smallest absolute Gasteiger partial charge is 0.410 e. The molecule has 0 aromatic carbocycles. The van der Waals surface area contributed by atoms with Gasteiger partial charge in [0.15, 0.2) is 0 Å². The van der Waals surface area contributed by atoms with Crippen LogP contribution >= 0.6 is 0 Å². The number of amides is 1. The monoisotopic (exact) mass is 307 g/mol. The Balaban J connectivity index is 2.32. The molecule has 0 unspecified atom stereocenters. The molecular formula is C15H21N3O4. The zero-order valence-electron chi connectivity index (χ0n) is 13.6. The highest BCUT2D eigenvalue weighted by molar-refractivity contribution is 5.69. The van der Waals surface area contributed by atoms with Gasteiger partial charge in [-0.3, -0.25) is 15.1 Å². The van der Waals surface area contributed by atoms with Crippen LogP contribution in [0.3, 0.4) is 0 Å². The Kier molecular flexibility index (Phi) is 4.08. The highest BCUT2D eigenvalue weighted by atomic mass is 16.6. The van der Waals surface area contributed by atoms with Crippen LogP contribution in [0.1, 0.15) is 43.3 Å². The zero-order chi connectivity index (χ0) is 16.7. The maximum absolute atomic E-state index is 12.2. The van der Waals surface area contributed by atoms with Crippen LogP contribution in [-0.2, 0) is 17.7 Å². The highest BCUT2D eigenvalue weighted by Crippen LogP contribution is 2.30. The molecule has 0 saturated carbocycles. The Morgan fingerprint density at radius 2 is 2.00 bits per heavy atom. The minimum absolute atomic E-state index is 0.0322. The van der Waals surface area contributed by atoms with E-state index in [9.17, 15) is 14.9 Å². The number of hydrogen-bond donors (Lipinski definition) is 0. The molecule has 2 rings (SSSR count). The van der Waals surface area contributed by atoms with Crippen LogP contribution in [0.4, 0.5) is 10.5 Å². The molecular weight excluding hydrogens is 286 g/mol. The molecule has 22 heavy (non-hydrogen) atoms. The van der Waals surface area contributed by atoms with Crippen molar-refractivity contribution in [2.75, 3.05) is 6.54 Å². The molecule has 2 heterocycles. The Morgan fingerprint density at radius 1 is 1.36 bits per heavy atom. The maximum atomic E-state index is 12.2. The molecule has 120 valence electrons. The zero-order valence-corrected chi connectivity index (χ0v) is 13.6. The Morgan fingerprint density at radius 3 is 2.55 bits per heavy atom. The average molecular weight is 307 g/mol. The van der Waals surface area contributed by atoms with E-state index in [2.05, 4.69) is 4.98 Å². The molecule has 0 fully saturated rings. The Bertz CT molecular complexity index is 635. The van der Waals surface area contributed by atoms with Crippen LogP contribution in [0.5, 0.6) is 0 Å². The number of nitrogens with zero attached hydrogens (tertiary/aromatic N) is 3. The summed E-state index contributed by atoms with van der Waals surface area (Å²) in [4.78, 5) is 28.9. The van der Waals surface area contributed by atoms with Crippen molar-refractivity contribution in [1.29, 1.82) is 0 Å². The molecule has 0 N–H and O–H groups in total. The topological polar surface area (TPSA) is 85.6 Å². The summed E-state index contributed by atoms with van der Waals surface area (Å²) in [5.74, 6) is 0. The Hall–Kier alpha value is -2.18. The normalized spacial score (nSPS) is 14.5. The van der Waals surface area contributed by atoms with E-state index in [4.69, 9.17) is 4.74 Å². The van der Waals surface area contributed by atoms with E-state index in [1.54, 1.807) is 18.7 Å². The summed E-state index contributed by atoms with van der Waals surface area (Å²) >= 11 is 0. The average Bonchev–Trinajstić information content (AvgIpc) is 2.35. The second-order valence-corrected chi connectivity index (χ2v) is 6.51. The number of pyridine rings is 1. The van der Waals surface area contributed by atoms with E-state index < -0.39 is 16.6 Å². The quantitative estimate of drug-likeness (QED) is 0.588. The van der Waals surface area contributed by atoms with Crippen molar-refractivity contribution in [3.05, 3.63) is 32.6 Å². The van der Waals surface area contributed by atoms with Gasteiger partial charge in [0.25, 0.3) is 5.69 Å². The number of carbonyl (C=O) groups excluding carboxylic acids is 1. The minimum Gasteiger partial charge on any atom is -0.444 e.